The molecule has 0 radical (unpaired) electrons. The van der Waals surface area contributed by atoms with Crippen molar-refractivity contribution in [3.63, 3.8) is 0 Å². The highest BCUT2D eigenvalue weighted by Crippen LogP contribution is 2.35. The number of ether oxygens (including phenoxy) is 1. The van der Waals surface area contributed by atoms with Crippen molar-refractivity contribution in [2.45, 2.75) is 26.3 Å². The topological polar surface area (TPSA) is 96.4 Å². The molecule has 1 aliphatic heterocycles. The molecule has 1 atom stereocenters. The van der Waals surface area contributed by atoms with Crippen LogP contribution in [0.25, 0.3) is 11.3 Å². The minimum Gasteiger partial charge on any atom is -0.481 e. The molecule has 0 aliphatic carbocycles. The van der Waals surface area contributed by atoms with Crippen molar-refractivity contribution in [1.82, 2.24) is 19.9 Å². The lowest BCUT2D eigenvalue weighted by Gasteiger charge is -2.27. The quantitative estimate of drug-likeness (QED) is 0.694. The minimum atomic E-state index is -0.309. The molecule has 9 nitrogen and oxygen atoms in total. The fourth-order valence-corrected chi connectivity index (χ4v) is 3.52. The molecular formula is C22H25N7O2. The van der Waals surface area contributed by atoms with Crippen LogP contribution in [0, 0.1) is 6.92 Å². The Bertz CT molecular complexity index is 1090. The van der Waals surface area contributed by atoms with Crippen LogP contribution < -0.4 is 19.9 Å². The van der Waals surface area contributed by atoms with Crippen molar-refractivity contribution in [2.75, 3.05) is 35.8 Å². The van der Waals surface area contributed by atoms with Crippen LogP contribution in [0.5, 0.6) is 5.88 Å². The predicted octanol–water partition coefficient (Wildman–Crippen LogP) is 3.52. The molecule has 3 aromatic heterocycles. The molecule has 0 aromatic carbocycles. The number of rotatable bonds is 3. The fourth-order valence-electron chi connectivity index (χ4n) is 3.52. The zero-order valence-corrected chi connectivity index (χ0v) is 18.0. The van der Waals surface area contributed by atoms with Gasteiger partial charge < -0.3 is 9.64 Å². The standard InChI is InChI=1S/C22H25N7O2/c1-14-5-6-16(12-23-14)17-7-8-18-21(26-17)29(15(2)9-10-28(18)3)22(30)27-19-11-20(31-4)25-13-24-19/h5-8,11-13,15H,9-10H2,1-4H3,(H,24,25,27,30)/t15-/m1/s1. The fraction of sp³-hybridized carbons (Fsp3) is 0.318. The zero-order valence-electron chi connectivity index (χ0n) is 18.0. The molecule has 0 fully saturated rings. The number of urea groups is 1. The molecule has 2 amide bonds. The molecular weight excluding hydrogens is 394 g/mol. The van der Waals surface area contributed by atoms with Gasteiger partial charge in [-0.2, -0.15) is 0 Å². The van der Waals surface area contributed by atoms with Crippen molar-refractivity contribution >= 4 is 23.4 Å². The summed E-state index contributed by atoms with van der Waals surface area (Å²) in [5, 5.41) is 2.85. The third-order valence-corrected chi connectivity index (χ3v) is 5.33. The average Bonchev–Trinajstić information content (AvgIpc) is 2.90. The number of fused-ring (bicyclic) bond motifs is 1. The maximum absolute atomic E-state index is 13.3. The van der Waals surface area contributed by atoms with E-state index >= 15 is 0 Å². The van der Waals surface area contributed by atoms with Crippen molar-refractivity contribution in [2.24, 2.45) is 0 Å². The Morgan fingerprint density at radius 3 is 2.77 bits per heavy atom. The number of hydrogen-bond donors (Lipinski definition) is 1. The van der Waals surface area contributed by atoms with Gasteiger partial charge in [-0.1, -0.05) is 0 Å². The molecule has 0 saturated heterocycles. The number of nitrogens with zero attached hydrogens (tertiary/aromatic N) is 6. The first-order valence-corrected chi connectivity index (χ1v) is 10.1. The van der Waals surface area contributed by atoms with E-state index in [4.69, 9.17) is 9.72 Å². The highest BCUT2D eigenvalue weighted by Gasteiger charge is 2.30. The number of aromatic nitrogens is 4. The van der Waals surface area contributed by atoms with Crippen LogP contribution in [0.15, 0.2) is 42.9 Å². The molecule has 31 heavy (non-hydrogen) atoms. The second-order valence-corrected chi connectivity index (χ2v) is 7.53. The van der Waals surface area contributed by atoms with Crippen LogP contribution in [-0.4, -0.2) is 52.7 Å². The Balaban J connectivity index is 1.73. The summed E-state index contributed by atoms with van der Waals surface area (Å²) in [5.74, 6) is 1.34. The number of carbonyl (C=O) groups is 1. The van der Waals surface area contributed by atoms with Gasteiger partial charge in [-0.05, 0) is 44.5 Å². The largest absolute Gasteiger partial charge is 0.481 e. The summed E-state index contributed by atoms with van der Waals surface area (Å²) in [4.78, 5) is 34.5. The van der Waals surface area contributed by atoms with E-state index in [1.54, 1.807) is 17.2 Å². The maximum atomic E-state index is 13.3. The van der Waals surface area contributed by atoms with Crippen molar-refractivity contribution in [3.05, 3.63) is 48.5 Å². The van der Waals surface area contributed by atoms with Gasteiger partial charge in [0.05, 0.1) is 18.5 Å². The van der Waals surface area contributed by atoms with E-state index in [0.717, 1.165) is 35.6 Å². The van der Waals surface area contributed by atoms with Gasteiger partial charge in [0.2, 0.25) is 5.88 Å². The SMILES string of the molecule is COc1cc(NC(=O)N2c3nc(-c4ccc(C)nc4)ccc3N(C)CC[C@H]2C)ncn1. The van der Waals surface area contributed by atoms with E-state index in [1.165, 1.54) is 13.4 Å². The lowest BCUT2D eigenvalue weighted by atomic mass is 10.1. The smallest absolute Gasteiger partial charge is 0.328 e. The lowest BCUT2D eigenvalue weighted by Crippen LogP contribution is -2.42. The number of amides is 2. The van der Waals surface area contributed by atoms with Gasteiger partial charge in [-0.25, -0.2) is 19.7 Å². The highest BCUT2D eigenvalue weighted by atomic mass is 16.5. The Kier molecular flexibility index (Phi) is 5.66. The van der Waals surface area contributed by atoms with Crippen molar-refractivity contribution in [1.29, 1.82) is 0 Å². The molecule has 3 aromatic rings. The van der Waals surface area contributed by atoms with E-state index < -0.39 is 0 Å². The van der Waals surface area contributed by atoms with Crippen LogP contribution >= 0.6 is 0 Å². The Labute approximate surface area is 181 Å². The molecule has 160 valence electrons. The van der Waals surface area contributed by atoms with Gasteiger partial charge in [0.15, 0.2) is 5.82 Å². The van der Waals surface area contributed by atoms with Crippen LogP contribution in [-0.2, 0) is 0 Å². The van der Waals surface area contributed by atoms with E-state index in [9.17, 15) is 4.79 Å². The van der Waals surface area contributed by atoms with Gasteiger partial charge in [0.25, 0.3) is 0 Å². The molecule has 1 aliphatic rings. The Morgan fingerprint density at radius 1 is 1.19 bits per heavy atom. The van der Waals surface area contributed by atoms with E-state index in [0.29, 0.717) is 17.5 Å². The van der Waals surface area contributed by atoms with Crippen LogP contribution in [0.2, 0.25) is 0 Å². The zero-order chi connectivity index (χ0) is 22.0. The Hall–Kier alpha value is -3.75. The van der Waals surface area contributed by atoms with Gasteiger partial charge in [0, 0.05) is 43.2 Å². The number of methoxy groups -OCH3 is 1. The summed E-state index contributed by atoms with van der Waals surface area (Å²) in [6.45, 7) is 4.77. The van der Waals surface area contributed by atoms with Crippen LogP contribution in [0.4, 0.5) is 22.1 Å². The van der Waals surface area contributed by atoms with Gasteiger partial charge in [-0.3, -0.25) is 15.2 Å². The van der Waals surface area contributed by atoms with Gasteiger partial charge >= 0.3 is 6.03 Å². The molecule has 4 rings (SSSR count). The summed E-state index contributed by atoms with van der Waals surface area (Å²) in [7, 11) is 3.53. The monoisotopic (exact) mass is 419 g/mol. The van der Waals surface area contributed by atoms with Crippen molar-refractivity contribution in [3.8, 4) is 17.1 Å². The van der Waals surface area contributed by atoms with Crippen LogP contribution in [0.1, 0.15) is 19.0 Å². The maximum Gasteiger partial charge on any atom is 0.328 e. The number of hydrogen-bond acceptors (Lipinski definition) is 7. The predicted molar refractivity (Wildman–Crippen MR) is 120 cm³/mol. The van der Waals surface area contributed by atoms with E-state index in [2.05, 4.69) is 25.2 Å². The summed E-state index contributed by atoms with van der Waals surface area (Å²) < 4.78 is 5.13. The summed E-state index contributed by atoms with van der Waals surface area (Å²) in [6, 6.07) is 9.10. The first-order chi connectivity index (χ1) is 15.0. The molecule has 4 heterocycles. The van der Waals surface area contributed by atoms with Crippen LogP contribution in [0.3, 0.4) is 0 Å². The molecule has 0 spiro atoms. The van der Waals surface area contributed by atoms with E-state index in [1.807, 2.05) is 45.2 Å². The van der Waals surface area contributed by atoms with Gasteiger partial charge in [0.1, 0.15) is 12.1 Å². The van der Waals surface area contributed by atoms with Crippen molar-refractivity contribution < 1.29 is 9.53 Å². The third kappa shape index (κ3) is 4.25. The molecule has 0 bridgehead atoms. The molecule has 1 N–H and O–H groups in total. The number of pyridine rings is 2. The van der Waals surface area contributed by atoms with E-state index in [-0.39, 0.29) is 12.1 Å². The number of aryl methyl sites for hydroxylation is 1. The first-order valence-electron chi connectivity index (χ1n) is 10.1. The molecule has 9 heteroatoms. The summed E-state index contributed by atoms with van der Waals surface area (Å²) >= 11 is 0. The molecule has 0 unspecified atom stereocenters. The lowest BCUT2D eigenvalue weighted by molar-refractivity contribution is 0.255. The normalized spacial score (nSPS) is 15.8. The third-order valence-electron chi connectivity index (χ3n) is 5.33. The summed E-state index contributed by atoms with van der Waals surface area (Å²) in [6.07, 6.45) is 3.95. The second-order valence-electron chi connectivity index (χ2n) is 7.53. The number of nitrogens with one attached hydrogen (secondary N) is 1. The minimum absolute atomic E-state index is 0.0636. The average molecular weight is 419 g/mol. The van der Waals surface area contributed by atoms with Gasteiger partial charge in [-0.15, -0.1) is 0 Å². The number of anilines is 3. The Morgan fingerprint density at radius 2 is 2.03 bits per heavy atom. The second kappa shape index (κ2) is 8.55. The first kappa shape index (κ1) is 20.5. The molecule has 0 saturated carbocycles. The summed E-state index contributed by atoms with van der Waals surface area (Å²) in [5.41, 5.74) is 3.49. The highest BCUT2D eigenvalue weighted by molar-refractivity contribution is 6.03. The number of carbonyl (C=O) groups excluding carboxylic acids is 1.